The molecule has 3 aromatic heterocycles. The van der Waals surface area contributed by atoms with Gasteiger partial charge in [-0.1, -0.05) is 12.1 Å². The lowest BCUT2D eigenvalue weighted by atomic mass is 10.1. The lowest BCUT2D eigenvalue weighted by Gasteiger charge is -2.31. The van der Waals surface area contributed by atoms with Crippen molar-refractivity contribution in [3.63, 3.8) is 0 Å². The van der Waals surface area contributed by atoms with Crippen LogP contribution in [0.15, 0.2) is 36.9 Å². The molecule has 0 aliphatic carbocycles. The fourth-order valence-electron chi connectivity index (χ4n) is 3.64. The summed E-state index contributed by atoms with van der Waals surface area (Å²) >= 11 is 0. The lowest BCUT2D eigenvalue weighted by Crippen LogP contribution is -2.44. The Bertz CT molecular complexity index is 1160. The highest BCUT2D eigenvalue weighted by Crippen LogP contribution is 2.25. The average Bonchev–Trinajstić information content (AvgIpc) is 3.34. The van der Waals surface area contributed by atoms with Crippen molar-refractivity contribution in [3.8, 4) is 5.82 Å². The molecule has 0 spiro atoms. The standard InChI is InChI=1S/C18H18N8O2/c27-18(28)22-11-5-7-25(8-6-11)17-23-15-14(19-9-20-15)16(24-17)26-10-21-12-3-1-2-4-13(12)26/h1-4,9-11,22H,5-8H2,(H,27,28)(H,19,20,23,24). The van der Waals surface area contributed by atoms with Crippen LogP contribution in [0.25, 0.3) is 28.0 Å². The predicted molar refractivity (Wildman–Crippen MR) is 103 cm³/mol. The van der Waals surface area contributed by atoms with Gasteiger partial charge in [0.15, 0.2) is 17.0 Å². The van der Waals surface area contributed by atoms with Crippen molar-refractivity contribution in [2.45, 2.75) is 18.9 Å². The van der Waals surface area contributed by atoms with Gasteiger partial charge in [0.2, 0.25) is 5.95 Å². The second-order valence-corrected chi connectivity index (χ2v) is 6.76. The zero-order valence-electron chi connectivity index (χ0n) is 14.9. The molecule has 0 atom stereocenters. The number of nitrogens with one attached hydrogen (secondary N) is 2. The number of para-hydroxylation sites is 2. The maximum Gasteiger partial charge on any atom is 0.404 e. The molecule has 1 aliphatic heterocycles. The van der Waals surface area contributed by atoms with Crippen LogP contribution in [0.2, 0.25) is 0 Å². The Hall–Kier alpha value is -3.69. The molecule has 1 aromatic carbocycles. The van der Waals surface area contributed by atoms with Gasteiger partial charge in [-0.25, -0.2) is 14.8 Å². The fraction of sp³-hybridized carbons (Fsp3) is 0.278. The number of benzene rings is 1. The zero-order valence-corrected chi connectivity index (χ0v) is 14.9. The number of fused-ring (bicyclic) bond motifs is 2. The number of piperidine rings is 1. The van der Waals surface area contributed by atoms with E-state index in [9.17, 15) is 4.79 Å². The van der Waals surface area contributed by atoms with Crippen LogP contribution in [0.5, 0.6) is 0 Å². The second kappa shape index (κ2) is 6.48. The van der Waals surface area contributed by atoms with Gasteiger partial charge < -0.3 is 20.3 Å². The Kier molecular flexibility index (Phi) is 3.81. The summed E-state index contributed by atoms with van der Waals surface area (Å²) in [5.41, 5.74) is 3.16. The summed E-state index contributed by atoms with van der Waals surface area (Å²) in [5.74, 6) is 1.26. The molecule has 1 saturated heterocycles. The summed E-state index contributed by atoms with van der Waals surface area (Å²) in [7, 11) is 0. The highest BCUT2D eigenvalue weighted by molar-refractivity contribution is 5.84. The van der Waals surface area contributed by atoms with Gasteiger partial charge in [0, 0.05) is 19.1 Å². The molecule has 0 bridgehead atoms. The molecule has 0 unspecified atom stereocenters. The van der Waals surface area contributed by atoms with Gasteiger partial charge in [-0.15, -0.1) is 0 Å². The minimum absolute atomic E-state index is 0.0401. The molecule has 10 nitrogen and oxygen atoms in total. The van der Waals surface area contributed by atoms with E-state index in [0.717, 1.165) is 11.0 Å². The summed E-state index contributed by atoms with van der Waals surface area (Å²) < 4.78 is 1.92. The molecule has 0 saturated carbocycles. The molecule has 1 aliphatic rings. The molecular formula is C18H18N8O2. The number of rotatable bonds is 3. The molecule has 142 valence electrons. The van der Waals surface area contributed by atoms with E-state index in [1.54, 1.807) is 12.7 Å². The largest absolute Gasteiger partial charge is 0.465 e. The van der Waals surface area contributed by atoms with Crippen molar-refractivity contribution in [1.82, 2.24) is 34.8 Å². The van der Waals surface area contributed by atoms with Gasteiger partial charge in [-0.3, -0.25) is 4.57 Å². The Balaban J connectivity index is 1.53. The molecule has 3 N–H and O–H groups in total. The fourth-order valence-corrected chi connectivity index (χ4v) is 3.64. The number of nitrogens with zero attached hydrogens (tertiary/aromatic N) is 6. The monoisotopic (exact) mass is 378 g/mol. The van der Waals surface area contributed by atoms with Crippen molar-refractivity contribution in [2.75, 3.05) is 18.0 Å². The number of hydrogen-bond acceptors (Lipinski definition) is 6. The van der Waals surface area contributed by atoms with E-state index in [1.165, 1.54) is 0 Å². The highest BCUT2D eigenvalue weighted by Gasteiger charge is 2.24. The van der Waals surface area contributed by atoms with Crippen LogP contribution in [0.1, 0.15) is 12.8 Å². The van der Waals surface area contributed by atoms with E-state index in [4.69, 9.17) is 10.1 Å². The van der Waals surface area contributed by atoms with E-state index >= 15 is 0 Å². The van der Waals surface area contributed by atoms with Crippen molar-refractivity contribution >= 4 is 34.2 Å². The third kappa shape index (κ3) is 2.79. The molecule has 4 heterocycles. The second-order valence-electron chi connectivity index (χ2n) is 6.76. The normalized spacial score (nSPS) is 15.4. The first-order chi connectivity index (χ1) is 13.7. The van der Waals surface area contributed by atoms with E-state index in [-0.39, 0.29) is 6.04 Å². The van der Waals surface area contributed by atoms with Crippen LogP contribution < -0.4 is 10.2 Å². The molecule has 10 heteroatoms. The SMILES string of the molecule is O=C(O)NC1CCN(c2nc(-n3cnc4ccccc43)c3nc[nH]c3n2)CC1. The number of H-pyrrole nitrogens is 1. The number of hydrogen-bond donors (Lipinski definition) is 3. The predicted octanol–water partition coefficient (Wildman–Crippen LogP) is 1.93. The smallest absolute Gasteiger partial charge is 0.404 e. The lowest BCUT2D eigenvalue weighted by molar-refractivity contribution is 0.187. The van der Waals surface area contributed by atoms with Crippen LogP contribution in [-0.4, -0.2) is 59.8 Å². The summed E-state index contributed by atoms with van der Waals surface area (Å²) in [5, 5.41) is 11.5. The first kappa shape index (κ1) is 16.5. The van der Waals surface area contributed by atoms with Crippen LogP contribution in [0.4, 0.5) is 10.7 Å². The molecular weight excluding hydrogens is 360 g/mol. The number of imidazole rings is 2. The van der Waals surface area contributed by atoms with Crippen molar-refractivity contribution < 1.29 is 9.90 Å². The molecule has 1 fully saturated rings. The Morgan fingerprint density at radius 1 is 1.18 bits per heavy atom. The summed E-state index contributed by atoms with van der Waals surface area (Å²) in [6, 6.07) is 7.82. The molecule has 1 amide bonds. The highest BCUT2D eigenvalue weighted by atomic mass is 16.4. The molecule has 0 radical (unpaired) electrons. The zero-order chi connectivity index (χ0) is 19.1. The van der Waals surface area contributed by atoms with Gasteiger partial charge >= 0.3 is 6.09 Å². The minimum atomic E-state index is -0.983. The number of carboxylic acid groups (broad SMARTS) is 1. The number of aromatic amines is 1. The van der Waals surface area contributed by atoms with Crippen molar-refractivity contribution in [2.24, 2.45) is 0 Å². The summed E-state index contributed by atoms with van der Waals surface area (Å²) in [4.78, 5) is 34.3. The van der Waals surface area contributed by atoms with Gasteiger partial charge in [0.1, 0.15) is 6.33 Å². The number of aromatic nitrogens is 6. The van der Waals surface area contributed by atoms with Gasteiger partial charge in [0.05, 0.1) is 17.4 Å². The molecule has 28 heavy (non-hydrogen) atoms. The van der Waals surface area contributed by atoms with Gasteiger partial charge in [0.25, 0.3) is 0 Å². The first-order valence-corrected chi connectivity index (χ1v) is 9.07. The Morgan fingerprint density at radius 3 is 2.82 bits per heavy atom. The average molecular weight is 378 g/mol. The van der Waals surface area contributed by atoms with E-state index in [1.807, 2.05) is 28.8 Å². The quantitative estimate of drug-likeness (QED) is 0.497. The van der Waals surface area contributed by atoms with Gasteiger partial charge in [-0.2, -0.15) is 9.97 Å². The molecule has 5 rings (SSSR count). The third-order valence-corrected chi connectivity index (χ3v) is 5.04. The van der Waals surface area contributed by atoms with Crippen molar-refractivity contribution in [3.05, 3.63) is 36.9 Å². The van der Waals surface area contributed by atoms with Crippen LogP contribution in [0.3, 0.4) is 0 Å². The van der Waals surface area contributed by atoms with E-state index in [2.05, 4.69) is 30.2 Å². The third-order valence-electron chi connectivity index (χ3n) is 5.04. The van der Waals surface area contributed by atoms with E-state index < -0.39 is 6.09 Å². The van der Waals surface area contributed by atoms with Crippen molar-refractivity contribution in [1.29, 1.82) is 0 Å². The number of amides is 1. The Labute approximate surface area is 159 Å². The van der Waals surface area contributed by atoms with Crippen LogP contribution >= 0.6 is 0 Å². The summed E-state index contributed by atoms with van der Waals surface area (Å²) in [6.45, 7) is 1.35. The summed E-state index contributed by atoms with van der Waals surface area (Å²) in [6.07, 6.45) is 3.78. The van der Waals surface area contributed by atoms with Crippen LogP contribution in [-0.2, 0) is 0 Å². The Morgan fingerprint density at radius 2 is 2.00 bits per heavy atom. The minimum Gasteiger partial charge on any atom is -0.465 e. The maximum atomic E-state index is 10.8. The molecule has 4 aromatic rings. The number of anilines is 1. The van der Waals surface area contributed by atoms with Crippen LogP contribution in [0, 0.1) is 0 Å². The maximum absolute atomic E-state index is 10.8. The number of carbonyl (C=O) groups is 1. The van der Waals surface area contributed by atoms with E-state index in [0.29, 0.717) is 48.9 Å². The topological polar surface area (TPSA) is 125 Å². The van der Waals surface area contributed by atoms with Gasteiger partial charge in [-0.05, 0) is 25.0 Å². The first-order valence-electron chi connectivity index (χ1n) is 9.07.